The molecule has 1 aliphatic carbocycles. The first-order chi connectivity index (χ1) is 22.6. The average molecular weight is 693 g/mol. The molecule has 2 amide bonds. The molecule has 0 aliphatic heterocycles. The number of nitrogens with zero attached hydrogens (tertiary/aromatic N) is 2. The summed E-state index contributed by atoms with van der Waals surface area (Å²) in [6, 6.07) is 28.6. The number of amides is 2. The van der Waals surface area contributed by atoms with E-state index in [0.717, 1.165) is 47.5 Å². The summed E-state index contributed by atoms with van der Waals surface area (Å²) in [5.74, 6) is -0.836. The first kappa shape index (κ1) is 34.5. The molecule has 1 saturated carbocycles. The van der Waals surface area contributed by atoms with Crippen molar-refractivity contribution in [2.45, 2.75) is 69.0 Å². The highest BCUT2D eigenvalue weighted by Crippen LogP contribution is 2.28. The van der Waals surface area contributed by atoms with Crippen LogP contribution < -0.4 is 9.62 Å². The molecule has 0 radical (unpaired) electrons. The monoisotopic (exact) mass is 691 g/mol. The summed E-state index contributed by atoms with van der Waals surface area (Å²) >= 11 is 12.9. The van der Waals surface area contributed by atoms with Gasteiger partial charge in [-0.05, 0) is 67.3 Å². The van der Waals surface area contributed by atoms with Crippen LogP contribution in [0.4, 0.5) is 5.69 Å². The predicted molar refractivity (Wildman–Crippen MR) is 188 cm³/mol. The minimum absolute atomic E-state index is 0.00204. The first-order valence-electron chi connectivity index (χ1n) is 15.8. The highest BCUT2D eigenvalue weighted by Gasteiger charge is 2.35. The van der Waals surface area contributed by atoms with Crippen LogP contribution in [0.2, 0.25) is 10.0 Å². The third-order valence-corrected chi connectivity index (χ3v) is 10.9. The molecule has 47 heavy (non-hydrogen) atoms. The van der Waals surface area contributed by atoms with E-state index in [2.05, 4.69) is 5.32 Å². The van der Waals surface area contributed by atoms with E-state index in [-0.39, 0.29) is 35.5 Å². The van der Waals surface area contributed by atoms with Gasteiger partial charge in [0.05, 0.1) is 10.6 Å². The quantitative estimate of drug-likeness (QED) is 0.166. The van der Waals surface area contributed by atoms with Crippen LogP contribution >= 0.6 is 23.2 Å². The van der Waals surface area contributed by atoms with Crippen molar-refractivity contribution in [2.24, 2.45) is 0 Å². The second-order valence-corrected chi connectivity index (χ2v) is 14.7. The zero-order valence-electron chi connectivity index (χ0n) is 26.3. The molecule has 0 spiro atoms. The van der Waals surface area contributed by atoms with E-state index in [1.54, 1.807) is 48.5 Å². The van der Waals surface area contributed by atoms with Gasteiger partial charge in [0.25, 0.3) is 10.0 Å². The lowest BCUT2D eigenvalue weighted by atomic mass is 9.94. The fraction of sp³-hybridized carbons (Fsp3) is 0.297. The topological polar surface area (TPSA) is 86.8 Å². The van der Waals surface area contributed by atoms with Crippen LogP contribution in [0.25, 0.3) is 0 Å². The molecule has 10 heteroatoms. The predicted octanol–water partition coefficient (Wildman–Crippen LogP) is 7.59. The second-order valence-electron chi connectivity index (χ2n) is 12.0. The molecule has 0 aromatic heterocycles. The zero-order chi connectivity index (χ0) is 33.4. The Morgan fingerprint density at radius 2 is 1.53 bits per heavy atom. The minimum atomic E-state index is -4.22. The number of carbonyl (C=O) groups excluding carboxylic acids is 2. The van der Waals surface area contributed by atoms with Crippen LogP contribution in [0.1, 0.15) is 48.8 Å². The maximum Gasteiger partial charge on any atom is 0.264 e. The molecule has 0 unspecified atom stereocenters. The third kappa shape index (κ3) is 8.95. The molecule has 0 bridgehead atoms. The van der Waals surface area contributed by atoms with Crippen molar-refractivity contribution in [2.75, 3.05) is 10.8 Å². The number of halogens is 2. The molecule has 246 valence electrons. The summed E-state index contributed by atoms with van der Waals surface area (Å²) in [5.41, 5.74) is 2.64. The van der Waals surface area contributed by atoms with Gasteiger partial charge in [-0.2, -0.15) is 0 Å². The fourth-order valence-electron chi connectivity index (χ4n) is 5.91. The molecule has 1 N–H and O–H groups in total. The van der Waals surface area contributed by atoms with Gasteiger partial charge in [0.2, 0.25) is 11.8 Å². The lowest BCUT2D eigenvalue weighted by Crippen LogP contribution is -2.55. The van der Waals surface area contributed by atoms with Gasteiger partial charge in [0.15, 0.2) is 0 Å². The molecular weight excluding hydrogens is 653 g/mol. The van der Waals surface area contributed by atoms with Gasteiger partial charge in [-0.1, -0.05) is 115 Å². The van der Waals surface area contributed by atoms with Crippen LogP contribution in [0.15, 0.2) is 108 Å². The Hall–Kier alpha value is -3.85. The van der Waals surface area contributed by atoms with Crippen LogP contribution in [-0.2, 0) is 32.6 Å². The van der Waals surface area contributed by atoms with Gasteiger partial charge in [0, 0.05) is 29.1 Å². The molecule has 5 rings (SSSR count). The van der Waals surface area contributed by atoms with E-state index < -0.39 is 28.5 Å². The van der Waals surface area contributed by atoms with Crippen LogP contribution in [0, 0.1) is 6.92 Å². The Morgan fingerprint density at radius 1 is 0.851 bits per heavy atom. The first-order valence-corrected chi connectivity index (χ1v) is 18.0. The Bertz CT molecular complexity index is 1780. The average Bonchev–Trinajstić information content (AvgIpc) is 3.07. The number of aryl methyl sites for hydroxylation is 1. The highest BCUT2D eigenvalue weighted by molar-refractivity contribution is 7.92. The summed E-state index contributed by atoms with van der Waals surface area (Å²) in [6.45, 7) is 1.30. The molecule has 1 fully saturated rings. The highest BCUT2D eigenvalue weighted by atomic mass is 35.5. The van der Waals surface area contributed by atoms with Crippen molar-refractivity contribution >= 4 is 50.7 Å². The van der Waals surface area contributed by atoms with Crippen molar-refractivity contribution in [1.82, 2.24) is 10.2 Å². The molecule has 0 saturated heterocycles. The van der Waals surface area contributed by atoms with Gasteiger partial charge in [-0.25, -0.2) is 8.42 Å². The van der Waals surface area contributed by atoms with E-state index in [1.807, 2.05) is 43.3 Å². The number of nitrogens with one attached hydrogen (secondary N) is 1. The van der Waals surface area contributed by atoms with Crippen molar-refractivity contribution in [1.29, 1.82) is 0 Å². The second kappa shape index (κ2) is 15.8. The SMILES string of the molecule is Cc1ccc(S(=O)(=O)N(CC(=O)N(Cc2ccccc2Cl)[C@H](Cc2ccccc2)C(=O)NC2CCCCC2)c2cccc(Cl)c2)cc1. The summed E-state index contributed by atoms with van der Waals surface area (Å²) in [6.07, 6.45) is 5.17. The van der Waals surface area contributed by atoms with E-state index in [9.17, 15) is 18.0 Å². The van der Waals surface area contributed by atoms with Gasteiger partial charge in [-0.15, -0.1) is 0 Å². The standard InChI is InChI=1S/C37H39Cl2N3O4S/c1-27-19-21-33(22-20-27)47(45,46)42(32-17-10-14-30(38)24-32)26-36(43)41(25-29-13-8-9-18-34(29)39)35(23-28-11-4-2-5-12-28)37(44)40-31-15-6-3-7-16-31/h2,4-5,8-14,17-22,24,31,35H,3,6-7,15-16,23,25-26H2,1H3,(H,40,44)/t35-/m1/s1. The molecule has 0 heterocycles. The number of sulfonamides is 1. The molecule has 1 atom stereocenters. The normalized spacial score (nSPS) is 14.3. The maximum atomic E-state index is 14.7. The summed E-state index contributed by atoms with van der Waals surface area (Å²) < 4.78 is 29.4. The maximum absolute atomic E-state index is 14.7. The van der Waals surface area contributed by atoms with Crippen molar-refractivity contribution in [3.63, 3.8) is 0 Å². The van der Waals surface area contributed by atoms with E-state index in [4.69, 9.17) is 23.2 Å². The van der Waals surface area contributed by atoms with E-state index >= 15 is 0 Å². The molecule has 4 aromatic rings. The number of hydrogen-bond acceptors (Lipinski definition) is 4. The lowest BCUT2D eigenvalue weighted by molar-refractivity contribution is -0.140. The Morgan fingerprint density at radius 3 is 2.21 bits per heavy atom. The Labute approximate surface area is 287 Å². The molecule has 4 aromatic carbocycles. The van der Waals surface area contributed by atoms with Gasteiger partial charge in [0.1, 0.15) is 12.6 Å². The Kier molecular flexibility index (Phi) is 11.6. The van der Waals surface area contributed by atoms with E-state index in [0.29, 0.717) is 15.6 Å². The molecule has 1 aliphatic rings. The molecule has 7 nitrogen and oxygen atoms in total. The lowest BCUT2D eigenvalue weighted by Gasteiger charge is -2.35. The van der Waals surface area contributed by atoms with Gasteiger partial charge < -0.3 is 10.2 Å². The minimum Gasteiger partial charge on any atom is -0.352 e. The zero-order valence-corrected chi connectivity index (χ0v) is 28.6. The number of rotatable bonds is 12. The van der Waals surface area contributed by atoms with Crippen molar-refractivity contribution in [3.05, 3.63) is 130 Å². The van der Waals surface area contributed by atoms with E-state index in [1.165, 1.54) is 23.1 Å². The van der Waals surface area contributed by atoms with Crippen LogP contribution in [0.3, 0.4) is 0 Å². The molecular formula is C37H39Cl2N3O4S. The summed E-state index contributed by atoms with van der Waals surface area (Å²) in [4.78, 5) is 30.4. The smallest absolute Gasteiger partial charge is 0.264 e. The Balaban J connectivity index is 1.57. The number of hydrogen-bond donors (Lipinski definition) is 1. The number of benzene rings is 4. The summed E-state index contributed by atoms with van der Waals surface area (Å²) in [5, 5.41) is 3.97. The van der Waals surface area contributed by atoms with Crippen LogP contribution in [0.5, 0.6) is 0 Å². The largest absolute Gasteiger partial charge is 0.352 e. The third-order valence-electron chi connectivity index (χ3n) is 8.51. The summed E-state index contributed by atoms with van der Waals surface area (Å²) in [7, 11) is -4.22. The van der Waals surface area contributed by atoms with Gasteiger partial charge >= 0.3 is 0 Å². The van der Waals surface area contributed by atoms with Crippen molar-refractivity contribution in [3.8, 4) is 0 Å². The van der Waals surface area contributed by atoms with Gasteiger partial charge in [-0.3, -0.25) is 13.9 Å². The number of anilines is 1. The fourth-order valence-corrected chi connectivity index (χ4v) is 7.69. The van der Waals surface area contributed by atoms with Crippen LogP contribution in [-0.4, -0.2) is 43.8 Å². The number of carbonyl (C=O) groups is 2. The van der Waals surface area contributed by atoms with Crippen molar-refractivity contribution < 1.29 is 18.0 Å².